The molecular weight excluding hydrogens is 665 g/mol. The van der Waals surface area contributed by atoms with E-state index in [2.05, 4.69) is 162 Å². The molecule has 4 saturated carbocycles. The van der Waals surface area contributed by atoms with Gasteiger partial charge in [-0.05, 0) is 86.9 Å². The van der Waals surface area contributed by atoms with Gasteiger partial charge >= 0.3 is 0 Å². The van der Waals surface area contributed by atoms with E-state index in [0.29, 0.717) is 0 Å². The SMILES string of the molecule is C[Si](C)(C)OC1(C2C3CC4CC(C3)CC2C4)C(/C=C/[Si](C)(C)c2ccccc2)=C([Si](C)(C)c2ccccc2)[Si]1([Si](C)(C)C)[Si](C)(C)C. The number of benzene rings is 2. The van der Waals surface area contributed by atoms with Gasteiger partial charge in [-0.15, -0.1) is 0 Å². The van der Waals surface area contributed by atoms with Crippen molar-refractivity contribution in [2.75, 3.05) is 0 Å². The Morgan fingerprint density at radius 2 is 1.06 bits per heavy atom. The third kappa shape index (κ3) is 5.64. The van der Waals surface area contributed by atoms with Gasteiger partial charge in [-0.25, -0.2) is 0 Å². The van der Waals surface area contributed by atoms with Crippen molar-refractivity contribution in [2.24, 2.45) is 29.6 Å². The predicted octanol–water partition coefficient (Wildman–Crippen LogP) is 10.2. The van der Waals surface area contributed by atoms with Crippen molar-refractivity contribution in [3.05, 3.63) is 82.8 Å². The summed E-state index contributed by atoms with van der Waals surface area (Å²) >= 11 is 0. The Morgan fingerprint density at radius 3 is 1.49 bits per heavy atom. The maximum Gasteiger partial charge on any atom is 0.184 e. The van der Waals surface area contributed by atoms with Crippen LogP contribution in [-0.4, -0.2) is 52.0 Å². The van der Waals surface area contributed by atoms with E-state index in [9.17, 15) is 0 Å². The zero-order valence-corrected chi connectivity index (χ0v) is 38.3. The molecule has 4 fully saturated rings. The van der Waals surface area contributed by atoms with Crippen LogP contribution in [0.5, 0.6) is 0 Å². The summed E-state index contributed by atoms with van der Waals surface area (Å²) in [6, 6.07) is 23.3. The molecular formula is C40H66OSi6. The van der Waals surface area contributed by atoms with Crippen molar-refractivity contribution in [1.29, 1.82) is 0 Å². The summed E-state index contributed by atoms with van der Waals surface area (Å²) in [6.45, 7) is 35.2. The van der Waals surface area contributed by atoms with E-state index in [0.717, 1.165) is 29.6 Å². The highest BCUT2D eigenvalue weighted by atomic mass is 29.6. The predicted molar refractivity (Wildman–Crippen MR) is 223 cm³/mol. The summed E-state index contributed by atoms with van der Waals surface area (Å²) in [5.74, 6) is 4.39. The minimum Gasteiger partial charge on any atom is -0.411 e. The van der Waals surface area contributed by atoms with Gasteiger partial charge < -0.3 is 4.43 Å². The first kappa shape index (κ1) is 36.0. The number of hydrogen-bond acceptors (Lipinski definition) is 1. The van der Waals surface area contributed by atoms with Crippen LogP contribution in [0.4, 0.5) is 0 Å². The average Bonchev–Trinajstić information content (AvgIpc) is 2.93. The monoisotopic (exact) mass is 730 g/mol. The summed E-state index contributed by atoms with van der Waals surface area (Å²) in [4.78, 5) is 2.05. The van der Waals surface area contributed by atoms with Crippen LogP contribution in [-0.2, 0) is 4.43 Å². The molecule has 1 heterocycles. The van der Waals surface area contributed by atoms with Gasteiger partial charge in [0.15, 0.2) is 8.32 Å². The van der Waals surface area contributed by atoms with Gasteiger partial charge in [0.1, 0.15) is 23.3 Å². The highest BCUT2D eigenvalue weighted by Gasteiger charge is 2.81. The van der Waals surface area contributed by atoms with E-state index >= 15 is 0 Å². The normalized spacial score (nSPS) is 31.0. The van der Waals surface area contributed by atoms with Gasteiger partial charge in [0.25, 0.3) is 0 Å². The Hall–Kier alpha value is -0.819. The van der Waals surface area contributed by atoms with Crippen LogP contribution in [0, 0.1) is 29.6 Å². The van der Waals surface area contributed by atoms with Crippen LogP contribution < -0.4 is 10.4 Å². The number of rotatable bonds is 10. The van der Waals surface area contributed by atoms with E-state index in [1.54, 1.807) is 15.9 Å². The van der Waals surface area contributed by atoms with Crippen LogP contribution in [0.1, 0.15) is 32.1 Å². The lowest BCUT2D eigenvalue weighted by molar-refractivity contribution is -0.0922. The molecule has 0 radical (unpaired) electrons. The summed E-state index contributed by atoms with van der Waals surface area (Å²) in [5, 5.41) is 3.16. The number of hydrogen-bond donors (Lipinski definition) is 0. The maximum absolute atomic E-state index is 8.40. The summed E-state index contributed by atoms with van der Waals surface area (Å²) in [7, 11) is -11.6. The van der Waals surface area contributed by atoms with Crippen molar-refractivity contribution < 1.29 is 4.43 Å². The van der Waals surface area contributed by atoms with Crippen LogP contribution in [0.15, 0.2) is 82.8 Å². The molecule has 256 valence electrons. The topological polar surface area (TPSA) is 9.23 Å². The smallest absolute Gasteiger partial charge is 0.184 e. The molecule has 1 unspecified atom stereocenters. The second-order valence-corrected chi connectivity index (χ2v) is 60.7. The maximum atomic E-state index is 8.40. The minimum atomic E-state index is -2.19. The lowest BCUT2D eigenvalue weighted by atomic mass is 9.50. The van der Waals surface area contributed by atoms with Crippen LogP contribution in [0.3, 0.4) is 0 Å². The van der Waals surface area contributed by atoms with Crippen molar-refractivity contribution >= 4 is 57.1 Å². The van der Waals surface area contributed by atoms with Gasteiger partial charge in [0, 0.05) is 15.2 Å². The fourth-order valence-corrected chi connectivity index (χ4v) is 86.9. The third-order valence-electron chi connectivity index (χ3n) is 13.3. The Balaban J connectivity index is 1.73. The Morgan fingerprint density at radius 1 is 0.617 bits per heavy atom. The third-order valence-corrected chi connectivity index (χ3v) is 63.1. The lowest BCUT2D eigenvalue weighted by Crippen LogP contribution is -2.95. The molecule has 47 heavy (non-hydrogen) atoms. The quantitative estimate of drug-likeness (QED) is 0.221. The van der Waals surface area contributed by atoms with E-state index in [4.69, 9.17) is 4.43 Å². The van der Waals surface area contributed by atoms with Crippen LogP contribution in [0.2, 0.25) is 85.1 Å². The lowest BCUT2D eigenvalue weighted by Gasteiger charge is -2.77. The molecule has 7 rings (SSSR count). The van der Waals surface area contributed by atoms with Crippen molar-refractivity contribution in [3.63, 3.8) is 0 Å². The first-order chi connectivity index (χ1) is 21.7. The first-order valence-corrected chi connectivity index (χ1v) is 39.4. The van der Waals surface area contributed by atoms with Crippen LogP contribution in [0.25, 0.3) is 0 Å². The largest absolute Gasteiger partial charge is 0.411 e. The van der Waals surface area contributed by atoms with Gasteiger partial charge in [0.05, 0.1) is 5.22 Å². The van der Waals surface area contributed by atoms with Crippen molar-refractivity contribution in [2.45, 2.75) is 122 Å². The van der Waals surface area contributed by atoms with E-state index in [-0.39, 0.29) is 5.22 Å². The highest BCUT2D eigenvalue weighted by Crippen LogP contribution is 2.70. The van der Waals surface area contributed by atoms with Gasteiger partial charge in [-0.2, -0.15) is 0 Å². The zero-order valence-electron chi connectivity index (χ0n) is 32.3. The molecule has 0 N–H and O–H groups in total. The molecule has 0 amide bonds. The summed E-state index contributed by atoms with van der Waals surface area (Å²) < 4.78 is 8.40. The second-order valence-electron chi connectivity index (χ2n) is 20.4. The minimum absolute atomic E-state index is 0.0267. The molecule has 4 aliphatic carbocycles. The van der Waals surface area contributed by atoms with Crippen LogP contribution >= 0.6 is 0 Å². The van der Waals surface area contributed by atoms with E-state index in [1.807, 2.05) is 0 Å². The standard InChI is InChI=1S/C40H66OSi6/c1-42(2,3)41-40(38-33-27-31-26-32(29-33)30-34(38)28-31)37(24-25-45(10,11)35-20-16-14-17-21-35)39(46(12,13)36-22-18-15-19-23-36)47(40,43(4,5)6)44(7,8)9/h14-25,31-34,38H,26-30H2,1-13H3/b25-24+. The molecule has 5 aliphatic rings. The van der Waals surface area contributed by atoms with Crippen molar-refractivity contribution in [1.82, 2.24) is 0 Å². The fourth-order valence-electron chi connectivity index (χ4n) is 12.7. The zero-order chi connectivity index (χ0) is 34.4. The molecule has 2 aromatic rings. The van der Waals surface area contributed by atoms with Gasteiger partial charge in [-0.3, -0.25) is 0 Å². The molecule has 0 saturated heterocycles. The molecule has 2 aromatic carbocycles. The molecule has 0 aromatic heterocycles. The Bertz CT molecular complexity index is 1480. The Labute approximate surface area is 294 Å². The van der Waals surface area contributed by atoms with E-state index < -0.39 is 46.8 Å². The molecule has 1 aliphatic heterocycles. The van der Waals surface area contributed by atoms with E-state index in [1.165, 1.54) is 32.1 Å². The Kier molecular flexibility index (Phi) is 9.09. The average molecular weight is 731 g/mol. The highest BCUT2D eigenvalue weighted by molar-refractivity contribution is 7.75. The summed E-state index contributed by atoms with van der Waals surface area (Å²) in [5.41, 5.74) is 4.52. The fraction of sp³-hybridized carbons (Fsp3) is 0.600. The molecule has 0 spiro atoms. The first-order valence-electron chi connectivity index (χ1n) is 18.9. The van der Waals surface area contributed by atoms with Crippen molar-refractivity contribution in [3.8, 4) is 0 Å². The van der Waals surface area contributed by atoms with Gasteiger partial charge in [0.2, 0.25) is 0 Å². The van der Waals surface area contributed by atoms with Gasteiger partial charge in [-0.1, -0.05) is 153 Å². The molecule has 1 atom stereocenters. The molecule has 7 heteroatoms. The summed E-state index contributed by atoms with van der Waals surface area (Å²) in [6.07, 6.45) is 10.2. The molecule has 1 nitrogen and oxygen atoms in total. The molecule has 4 bridgehead atoms. The second kappa shape index (κ2) is 11.9.